The molecule has 0 spiro atoms. The van der Waals surface area contributed by atoms with Crippen molar-refractivity contribution in [1.29, 1.82) is 0 Å². The molecule has 2 aliphatic heterocycles. The third-order valence-electron chi connectivity index (χ3n) is 4.44. The average Bonchev–Trinajstić information content (AvgIpc) is 3.08. The lowest BCUT2D eigenvalue weighted by Gasteiger charge is -2.29. The predicted octanol–water partition coefficient (Wildman–Crippen LogP) is 1.93. The molecular formula is C17H16N2O5S. The lowest BCUT2D eigenvalue weighted by molar-refractivity contribution is 0.0600. The zero-order chi connectivity index (χ0) is 17.6. The number of carbonyl (C=O) groups excluding carboxylic acids is 1. The van der Waals surface area contributed by atoms with E-state index >= 15 is 0 Å². The van der Waals surface area contributed by atoms with E-state index < -0.39 is 22.3 Å². The van der Waals surface area contributed by atoms with E-state index in [2.05, 4.69) is 0 Å². The minimum atomic E-state index is -3.88. The first kappa shape index (κ1) is 15.9. The number of para-hydroxylation sites is 1. The molecule has 1 saturated heterocycles. The van der Waals surface area contributed by atoms with Crippen LogP contribution >= 0.6 is 0 Å². The second kappa shape index (κ2) is 5.75. The van der Waals surface area contributed by atoms with Crippen LogP contribution in [0.25, 0.3) is 0 Å². The summed E-state index contributed by atoms with van der Waals surface area (Å²) >= 11 is 0. The van der Waals surface area contributed by atoms with Gasteiger partial charge in [0, 0.05) is 17.8 Å². The van der Waals surface area contributed by atoms with Crippen LogP contribution in [0.5, 0.6) is 5.75 Å². The molecule has 0 saturated carbocycles. The van der Waals surface area contributed by atoms with Crippen LogP contribution in [0.1, 0.15) is 22.0 Å². The van der Waals surface area contributed by atoms with E-state index in [-0.39, 0.29) is 12.4 Å². The molecule has 0 N–H and O–H groups in total. The number of carbonyl (C=O) groups is 1. The topological polar surface area (TPSA) is 76.2 Å². The lowest BCUT2D eigenvalue weighted by atomic mass is 10.0. The molecule has 1 fully saturated rings. The molecule has 1 atom stereocenters. The van der Waals surface area contributed by atoms with Crippen LogP contribution in [0, 0.1) is 0 Å². The van der Waals surface area contributed by atoms with E-state index in [1.54, 1.807) is 6.07 Å². The van der Waals surface area contributed by atoms with Gasteiger partial charge in [0.05, 0.1) is 25.4 Å². The first-order valence-corrected chi connectivity index (χ1v) is 9.09. The largest absolute Gasteiger partial charge is 0.465 e. The summed E-state index contributed by atoms with van der Waals surface area (Å²) in [7, 11) is -2.57. The average molecular weight is 360 g/mol. The second-order valence-electron chi connectivity index (χ2n) is 5.89. The highest BCUT2D eigenvalue weighted by Gasteiger charge is 2.46. The van der Waals surface area contributed by atoms with E-state index in [1.807, 2.05) is 35.2 Å². The molecule has 0 unspecified atom stereocenters. The maximum atomic E-state index is 12.5. The Morgan fingerprint density at radius 1 is 1.20 bits per heavy atom. The Morgan fingerprint density at radius 3 is 2.68 bits per heavy atom. The Bertz CT molecular complexity index is 929. The van der Waals surface area contributed by atoms with Gasteiger partial charge in [0.15, 0.2) is 0 Å². The summed E-state index contributed by atoms with van der Waals surface area (Å²) in [5, 5.41) is 0. The van der Waals surface area contributed by atoms with Gasteiger partial charge in [-0.1, -0.05) is 18.2 Å². The fourth-order valence-electron chi connectivity index (χ4n) is 3.22. The van der Waals surface area contributed by atoms with E-state index in [0.29, 0.717) is 17.7 Å². The summed E-state index contributed by atoms with van der Waals surface area (Å²) in [6, 6.07) is 13.8. The van der Waals surface area contributed by atoms with Gasteiger partial charge < -0.3 is 13.8 Å². The number of benzene rings is 2. The molecule has 0 aromatic heterocycles. The number of methoxy groups -OCH3 is 1. The number of ether oxygens (including phenoxy) is 1. The van der Waals surface area contributed by atoms with Crippen molar-refractivity contribution in [3.05, 3.63) is 59.7 Å². The summed E-state index contributed by atoms with van der Waals surface area (Å²) in [5.74, 6) is -0.218. The Kier molecular flexibility index (Phi) is 3.66. The number of anilines is 1. The molecular weight excluding hydrogens is 344 g/mol. The number of hydrogen-bond acceptors (Lipinski definition) is 6. The predicted molar refractivity (Wildman–Crippen MR) is 90.6 cm³/mol. The van der Waals surface area contributed by atoms with Crippen molar-refractivity contribution < 1.29 is 22.1 Å². The van der Waals surface area contributed by atoms with Crippen molar-refractivity contribution in [1.82, 2.24) is 4.31 Å². The summed E-state index contributed by atoms with van der Waals surface area (Å²) in [6.07, 6.45) is 0. The molecule has 2 aromatic rings. The van der Waals surface area contributed by atoms with Gasteiger partial charge in [-0.05, 0) is 30.3 Å². The zero-order valence-electron chi connectivity index (χ0n) is 13.5. The van der Waals surface area contributed by atoms with Gasteiger partial charge in [0.25, 0.3) is 0 Å². The third-order valence-corrected chi connectivity index (χ3v) is 5.78. The standard InChI is InChI=1S/C17H16N2O5S/c1-23-17(20)12-7-8-16-14(9-12)15-10-18(13-5-3-2-4-6-13)11-19(15)25(21,22)24-16/h2-9,15H,10-11H2,1H3/t15-/m0/s1. The Morgan fingerprint density at radius 2 is 1.96 bits per heavy atom. The van der Waals surface area contributed by atoms with Crippen molar-refractivity contribution in [2.24, 2.45) is 0 Å². The number of nitrogens with zero attached hydrogens (tertiary/aromatic N) is 2. The van der Waals surface area contributed by atoms with E-state index in [4.69, 9.17) is 8.92 Å². The molecule has 2 heterocycles. The van der Waals surface area contributed by atoms with Crippen molar-refractivity contribution in [3.63, 3.8) is 0 Å². The molecule has 7 nitrogen and oxygen atoms in total. The number of hydrogen-bond donors (Lipinski definition) is 0. The van der Waals surface area contributed by atoms with Gasteiger partial charge in [-0.2, -0.15) is 8.42 Å². The van der Waals surface area contributed by atoms with Gasteiger partial charge in [-0.25, -0.2) is 4.79 Å². The molecule has 4 rings (SSSR count). The maximum absolute atomic E-state index is 12.5. The van der Waals surface area contributed by atoms with Crippen LogP contribution in [0.4, 0.5) is 5.69 Å². The highest BCUT2D eigenvalue weighted by atomic mass is 32.2. The van der Waals surface area contributed by atoms with Crippen molar-refractivity contribution in [2.75, 3.05) is 25.2 Å². The summed E-state index contributed by atoms with van der Waals surface area (Å²) < 4.78 is 36.2. The second-order valence-corrected chi connectivity index (χ2v) is 7.38. The molecule has 2 aliphatic rings. The number of fused-ring (bicyclic) bond motifs is 3. The molecule has 25 heavy (non-hydrogen) atoms. The Labute approximate surface area is 145 Å². The minimum absolute atomic E-state index is 0.193. The highest BCUT2D eigenvalue weighted by Crippen LogP contribution is 2.42. The quantitative estimate of drug-likeness (QED) is 0.762. The Hall–Kier alpha value is -2.58. The van der Waals surface area contributed by atoms with Crippen LogP contribution in [0.15, 0.2) is 48.5 Å². The van der Waals surface area contributed by atoms with Crippen molar-refractivity contribution >= 4 is 22.0 Å². The monoisotopic (exact) mass is 360 g/mol. The molecule has 130 valence electrons. The van der Waals surface area contributed by atoms with E-state index in [0.717, 1.165) is 5.69 Å². The fraction of sp³-hybridized carbons (Fsp3) is 0.235. The summed E-state index contributed by atoms with van der Waals surface area (Å²) in [6.45, 7) is 0.670. The van der Waals surface area contributed by atoms with E-state index in [1.165, 1.54) is 23.5 Å². The first-order valence-electron chi connectivity index (χ1n) is 7.73. The third kappa shape index (κ3) is 2.63. The van der Waals surface area contributed by atoms with E-state index in [9.17, 15) is 13.2 Å². The first-order chi connectivity index (χ1) is 12.0. The van der Waals surface area contributed by atoms with Crippen LogP contribution < -0.4 is 9.08 Å². The molecule has 8 heteroatoms. The van der Waals surface area contributed by atoms with Gasteiger partial charge in [-0.15, -0.1) is 4.31 Å². The summed E-state index contributed by atoms with van der Waals surface area (Å²) in [4.78, 5) is 13.8. The molecule has 0 bridgehead atoms. The normalized spacial score (nSPS) is 21.2. The van der Waals surface area contributed by atoms with Crippen LogP contribution in [0.3, 0.4) is 0 Å². The molecule has 0 radical (unpaired) electrons. The van der Waals surface area contributed by atoms with Crippen molar-refractivity contribution in [2.45, 2.75) is 6.04 Å². The molecule has 0 amide bonds. The van der Waals surface area contributed by atoms with Gasteiger partial charge in [-0.3, -0.25) is 0 Å². The van der Waals surface area contributed by atoms with Crippen LogP contribution in [-0.2, 0) is 15.0 Å². The van der Waals surface area contributed by atoms with Crippen LogP contribution in [-0.4, -0.2) is 39.0 Å². The minimum Gasteiger partial charge on any atom is -0.465 e. The smallest absolute Gasteiger partial charge is 0.387 e. The van der Waals surface area contributed by atoms with Crippen LogP contribution in [0.2, 0.25) is 0 Å². The van der Waals surface area contributed by atoms with Gasteiger partial charge in [0.2, 0.25) is 0 Å². The van der Waals surface area contributed by atoms with Crippen molar-refractivity contribution in [3.8, 4) is 5.75 Å². The van der Waals surface area contributed by atoms with Gasteiger partial charge in [0.1, 0.15) is 5.75 Å². The molecule has 0 aliphatic carbocycles. The fourth-order valence-corrected chi connectivity index (χ4v) is 4.47. The SMILES string of the molecule is COC(=O)c1ccc2c(c1)[C@@H]1CN(c3ccccc3)CN1S(=O)(=O)O2. The number of esters is 1. The zero-order valence-corrected chi connectivity index (χ0v) is 14.3. The summed E-state index contributed by atoms with van der Waals surface area (Å²) in [5.41, 5.74) is 1.95. The van der Waals surface area contributed by atoms with Gasteiger partial charge >= 0.3 is 16.3 Å². The Balaban J connectivity index is 1.76. The lowest BCUT2D eigenvalue weighted by Crippen LogP contribution is -2.39. The maximum Gasteiger partial charge on any atom is 0.387 e. The number of rotatable bonds is 2. The molecule has 2 aromatic carbocycles. The highest BCUT2D eigenvalue weighted by molar-refractivity contribution is 7.84.